The summed E-state index contributed by atoms with van der Waals surface area (Å²) in [5.41, 5.74) is 2.40. The summed E-state index contributed by atoms with van der Waals surface area (Å²) in [6.45, 7) is 0. The molecule has 5 heteroatoms. The lowest BCUT2D eigenvalue weighted by Crippen LogP contribution is -1.81. The van der Waals surface area contributed by atoms with Crippen molar-refractivity contribution in [3.63, 3.8) is 0 Å². The zero-order valence-corrected chi connectivity index (χ0v) is 8.80. The molecule has 1 aromatic rings. The van der Waals surface area contributed by atoms with Gasteiger partial charge in [-0.3, -0.25) is 0 Å². The maximum Gasteiger partial charge on any atom is 0.482 e. The summed E-state index contributed by atoms with van der Waals surface area (Å²) < 4.78 is 18.2. The Hall–Kier alpha value is -1.85. The van der Waals surface area contributed by atoms with Gasteiger partial charge in [0.05, 0.1) is 0 Å². The minimum Gasteiger partial charge on any atom is -0.457 e. The molecule has 2 N–H and O–H groups in total. The smallest absolute Gasteiger partial charge is 0.457 e. The molecule has 0 saturated carbocycles. The molecule has 0 amide bonds. The van der Waals surface area contributed by atoms with Gasteiger partial charge < -0.3 is 14.8 Å². The Morgan fingerprint density at radius 3 is 2.12 bits per heavy atom. The molecule has 2 aliphatic rings. The van der Waals surface area contributed by atoms with Gasteiger partial charge in [-0.15, -0.1) is 0 Å². The van der Waals surface area contributed by atoms with Crippen molar-refractivity contribution < 1.29 is 19.2 Å². The van der Waals surface area contributed by atoms with E-state index in [0.717, 1.165) is 11.3 Å². The Bertz CT molecular complexity index is 514. The molecule has 3 rings (SSSR count). The van der Waals surface area contributed by atoms with Crippen molar-refractivity contribution in [2.45, 2.75) is 0 Å². The van der Waals surface area contributed by atoms with Gasteiger partial charge in [0, 0.05) is 5.56 Å². The fourth-order valence-electron chi connectivity index (χ4n) is 1.44. The highest BCUT2D eigenvalue weighted by atomic mass is 19.1. The van der Waals surface area contributed by atoms with E-state index in [1.54, 1.807) is 12.1 Å². The largest absolute Gasteiger partial charge is 0.482 e. The summed E-state index contributed by atoms with van der Waals surface area (Å²) in [7, 11) is 0. The molecule has 0 heterocycles. The SMILES string of the molecule is Fc1ccc(Oc2ccc3cc2-3)cc1.O[B]O. The molecule has 0 aliphatic heterocycles. The maximum absolute atomic E-state index is 12.6. The number of halogens is 1. The minimum atomic E-state index is -0.248. The van der Waals surface area contributed by atoms with E-state index >= 15 is 0 Å². The number of benzene rings is 2. The maximum atomic E-state index is 12.6. The standard InChI is InChI=1S/C12H7FO.BH2O2/c13-9-2-4-10(5-3-9)14-12-6-1-8-7-11(8)12;2-1-3/h1-7H;2-3H. The van der Waals surface area contributed by atoms with E-state index in [1.165, 1.54) is 17.7 Å². The van der Waals surface area contributed by atoms with Gasteiger partial charge in [0.15, 0.2) is 0 Å². The predicted octanol–water partition coefficient (Wildman–Crippen LogP) is 2.10. The van der Waals surface area contributed by atoms with E-state index < -0.39 is 0 Å². The molecule has 0 fully saturated rings. The molecular weight excluding hydrogens is 222 g/mol. The van der Waals surface area contributed by atoms with Crippen LogP contribution in [0.1, 0.15) is 0 Å². The average molecular weight is 231 g/mol. The fraction of sp³-hybridized carbons (Fsp3) is 0. The second-order valence-electron chi connectivity index (χ2n) is 3.38. The Labute approximate surface area is 98.4 Å². The zero-order chi connectivity index (χ0) is 12.3. The second kappa shape index (κ2) is 4.99. The molecule has 0 saturated heterocycles. The summed E-state index contributed by atoms with van der Waals surface area (Å²) in [6, 6.07) is 12.0. The third kappa shape index (κ3) is 2.84. The summed E-state index contributed by atoms with van der Waals surface area (Å²) in [4.78, 5) is 0. The Morgan fingerprint density at radius 1 is 1.00 bits per heavy atom. The van der Waals surface area contributed by atoms with Crippen LogP contribution in [0.5, 0.6) is 11.5 Å². The van der Waals surface area contributed by atoms with Crippen molar-refractivity contribution in [1.29, 1.82) is 0 Å². The first-order valence-corrected chi connectivity index (χ1v) is 4.92. The van der Waals surface area contributed by atoms with E-state index in [4.69, 9.17) is 14.8 Å². The fourth-order valence-corrected chi connectivity index (χ4v) is 1.44. The van der Waals surface area contributed by atoms with Gasteiger partial charge in [-0.2, -0.15) is 0 Å². The summed E-state index contributed by atoms with van der Waals surface area (Å²) in [6.07, 6.45) is 0. The Balaban J connectivity index is 0.000000329. The topological polar surface area (TPSA) is 49.7 Å². The molecule has 1 aromatic carbocycles. The zero-order valence-electron chi connectivity index (χ0n) is 8.80. The normalized spacial score (nSPS) is 10.1. The van der Waals surface area contributed by atoms with Gasteiger partial charge in [-0.25, -0.2) is 4.39 Å². The summed E-state index contributed by atoms with van der Waals surface area (Å²) in [5.74, 6) is 1.27. The van der Waals surface area contributed by atoms with E-state index in [9.17, 15) is 4.39 Å². The van der Waals surface area contributed by atoms with Gasteiger partial charge in [-0.1, -0.05) is 6.07 Å². The van der Waals surface area contributed by atoms with Crippen molar-refractivity contribution >= 4 is 7.69 Å². The molecule has 0 spiro atoms. The average Bonchev–Trinajstić information content (AvgIpc) is 3.00. The van der Waals surface area contributed by atoms with Gasteiger partial charge in [0.25, 0.3) is 0 Å². The third-order valence-electron chi connectivity index (χ3n) is 2.25. The number of fused-ring (bicyclic) bond motifs is 1. The first-order chi connectivity index (χ1) is 8.24. The quantitative estimate of drug-likeness (QED) is 0.664. The minimum absolute atomic E-state index is 0. The third-order valence-corrected chi connectivity index (χ3v) is 2.25. The molecular formula is C12H9BFO3. The summed E-state index contributed by atoms with van der Waals surface area (Å²) >= 11 is 0. The molecule has 85 valence electrons. The van der Waals surface area contributed by atoms with E-state index in [-0.39, 0.29) is 13.5 Å². The van der Waals surface area contributed by atoms with Crippen LogP contribution in [0.2, 0.25) is 0 Å². The molecule has 17 heavy (non-hydrogen) atoms. The van der Waals surface area contributed by atoms with Crippen molar-refractivity contribution in [2.75, 3.05) is 0 Å². The molecule has 3 nitrogen and oxygen atoms in total. The van der Waals surface area contributed by atoms with Crippen LogP contribution in [-0.4, -0.2) is 17.7 Å². The van der Waals surface area contributed by atoms with Crippen LogP contribution in [0.25, 0.3) is 11.1 Å². The van der Waals surface area contributed by atoms with Gasteiger partial charge in [-0.05, 0) is 42.0 Å². The van der Waals surface area contributed by atoms with E-state index in [1.807, 2.05) is 12.1 Å². The van der Waals surface area contributed by atoms with Crippen molar-refractivity contribution in [3.8, 4) is 22.6 Å². The monoisotopic (exact) mass is 231 g/mol. The molecule has 0 unspecified atom stereocenters. The van der Waals surface area contributed by atoms with Gasteiger partial charge in [0.2, 0.25) is 0 Å². The molecule has 0 bridgehead atoms. The van der Waals surface area contributed by atoms with Crippen LogP contribution in [0, 0.1) is 5.82 Å². The first kappa shape index (κ1) is 11.6. The predicted molar refractivity (Wildman–Crippen MR) is 62.1 cm³/mol. The number of hydrogen-bond acceptors (Lipinski definition) is 3. The molecule has 1 radical (unpaired) electrons. The van der Waals surface area contributed by atoms with Gasteiger partial charge in [0.1, 0.15) is 17.3 Å². The van der Waals surface area contributed by atoms with Crippen LogP contribution in [0.4, 0.5) is 4.39 Å². The molecule has 0 aromatic heterocycles. The van der Waals surface area contributed by atoms with E-state index in [2.05, 4.69) is 6.07 Å². The van der Waals surface area contributed by atoms with Crippen LogP contribution >= 0.6 is 0 Å². The number of ether oxygens (including phenoxy) is 1. The lowest BCUT2D eigenvalue weighted by molar-refractivity contribution is 0.448. The highest BCUT2D eigenvalue weighted by molar-refractivity contribution is 6.13. The lowest BCUT2D eigenvalue weighted by atomic mass is 10.3. The van der Waals surface area contributed by atoms with Crippen LogP contribution < -0.4 is 4.74 Å². The van der Waals surface area contributed by atoms with Gasteiger partial charge >= 0.3 is 7.69 Å². The Morgan fingerprint density at radius 2 is 1.65 bits per heavy atom. The van der Waals surface area contributed by atoms with Crippen LogP contribution in [-0.2, 0) is 0 Å². The molecule has 2 aliphatic carbocycles. The Kier molecular flexibility index (Phi) is 3.42. The van der Waals surface area contributed by atoms with Crippen LogP contribution in [0.3, 0.4) is 0 Å². The van der Waals surface area contributed by atoms with Crippen molar-refractivity contribution in [1.82, 2.24) is 0 Å². The molecule has 0 atom stereocenters. The second-order valence-corrected chi connectivity index (χ2v) is 3.38. The van der Waals surface area contributed by atoms with Crippen molar-refractivity contribution in [2.24, 2.45) is 0 Å². The number of hydrogen-bond donors (Lipinski definition) is 2. The van der Waals surface area contributed by atoms with E-state index in [0.29, 0.717) is 5.75 Å². The van der Waals surface area contributed by atoms with Crippen molar-refractivity contribution in [3.05, 3.63) is 48.3 Å². The highest BCUT2D eigenvalue weighted by Gasteiger charge is 2.18. The number of rotatable bonds is 2. The highest BCUT2D eigenvalue weighted by Crippen LogP contribution is 2.45. The van der Waals surface area contributed by atoms with Crippen LogP contribution in [0.15, 0.2) is 42.5 Å². The lowest BCUT2D eigenvalue weighted by Gasteiger charge is -2.02. The summed E-state index contributed by atoms with van der Waals surface area (Å²) in [5, 5.41) is 14.0. The first-order valence-electron chi connectivity index (χ1n) is 4.92.